The molecular formula is C25H31N3O2. The Balaban J connectivity index is 1.59. The highest BCUT2D eigenvalue weighted by molar-refractivity contribution is 5.98. The number of hydrogen-bond acceptors (Lipinski definition) is 3. The highest BCUT2D eigenvalue weighted by atomic mass is 16.2. The van der Waals surface area contributed by atoms with Gasteiger partial charge < -0.3 is 10.6 Å². The first-order valence-corrected chi connectivity index (χ1v) is 11.4. The molecule has 0 spiro atoms. The summed E-state index contributed by atoms with van der Waals surface area (Å²) < 4.78 is 0. The molecule has 5 heteroatoms. The molecule has 2 N–H and O–H groups in total. The molecule has 0 atom stereocenters. The van der Waals surface area contributed by atoms with Gasteiger partial charge in [-0.25, -0.2) is 4.98 Å². The summed E-state index contributed by atoms with van der Waals surface area (Å²) in [7, 11) is 0. The number of carbonyl (C=O) groups excluding carboxylic acids is 2. The van der Waals surface area contributed by atoms with Crippen molar-refractivity contribution in [1.29, 1.82) is 0 Å². The van der Waals surface area contributed by atoms with Crippen molar-refractivity contribution in [2.24, 2.45) is 0 Å². The molecule has 4 rings (SSSR count). The minimum Gasteiger partial charge on any atom is -0.348 e. The van der Waals surface area contributed by atoms with Crippen LogP contribution < -0.4 is 10.6 Å². The second-order valence-corrected chi connectivity index (χ2v) is 8.61. The van der Waals surface area contributed by atoms with Crippen LogP contribution in [0.5, 0.6) is 0 Å². The predicted octanol–water partition coefficient (Wildman–Crippen LogP) is 4.87. The molecule has 5 nitrogen and oxygen atoms in total. The van der Waals surface area contributed by atoms with Crippen LogP contribution in [0.25, 0.3) is 11.1 Å². The SMILES string of the molecule is O=C(NC1CCCCC1)c1cc(-c2ccccc2)cc(C(=O)NC2CCCCC2)n1. The lowest BCUT2D eigenvalue weighted by Crippen LogP contribution is -2.38. The van der Waals surface area contributed by atoms with E-state index in [1.807, 2.05) is 30.3 Å². The van der Waals surface area contributed by atoms with E-state index < -0.39 is 0 Å². The molecule has 0 saturated heterocycles. The summed E-state index contributed by atoms with van der Waals surface area (Å²) in [6.45, 7) is 0. The van der Waals surface area contributed by atoms with Crippen molar-refractivity contribution in [1.82, 2.24) is 15.6 Å². The second kappa shape index (κ2) is 9.88. The molecule has 2 aliphatic rings. The normalized spacial score (nSPS) is 18.0. The zero-order chi connectivity index (χ0) is 20.8. The fourth-order valence-corrected chi connectivity index (χ4v) is 4.57. The van der Waals surface area contributed by atoms with E-state index >= 15 is 0 Å². The Hall–Kier alpha value is -2.69. The van der Waals surface area contributed by atoms with Gasteiger partial charge in [0, 0.05) is 12.1 Å². The van der Waals surface area contributed by atoms with Crippen LogP contribution in [-0.4, -0.2) is 28.9 Å². The highest BCUT2D eigenvalue weighted by Crippen LogP contribution is 2.23. The molecule has 2 saturated carbocycles. The number of pyridine rings is 1. The van der Waals surface area contributed by atoms with Crippen LogP contribution in [0.15, 0.2) is 42.5 Å². The topological polar surface area (TPSA) is 71.1 Å². The molecule has 0 unspecified atom stereocenters. The first kappa shape index (κ1) is 20.6. The summed E-state index contributed by atoms with van der Waals surface area (Å²) in [6, 6.07) is 13.8. The largest absolute Gasteiger partial charge is 0.348 e. The standard InChI is InChI=1S/C25H31N3O2/c29-24(26-20-12-6-2-7-13-20)22-16-19(18-10-4-1-5-11-18)17-23(28-22)25(30)27-21-14-8-3-9-15-21/h1,4-5,10-11,16-17,20-21H,2-3,6-9,12-15H2,(H,26,29)(H,27,30). The van der Waals surface area contributed by atoms with Crippen LogP contribution >= 0.6 is 0 Å². The van der Waals surface area contributed by atoms with E-state index in [0.717, 1.165) is 62.5 Å². The first-order chi connectivity index (χ1) is 14.7. The van der Waals surface area contributed by atoms with Gasteiger partial charge in [0.2, 0.25) is 0 Å². The van der Waals surface area contributed by atoms with E-state index in [4.69, 9.17) is 0 Å². The Morgan fingerprint density at radius 2 is 1.13 bits per heavy atom. The van der Waals surface area contributed by atoms with Gasteiger partial charge in [0.15, 0.2) is 0 Å². The monoisotopic (exact) mass is 405 g/mol. The van der Waals surface area contributed by atoms with Gasteiger partial charge in [-0.3, -0.25) is 9.59 Å². The van der Waals surface area contributed by atoms with Crippen LogP contribution in [0.3, 0.4) is 0 Å². The lowest BCUT2D eigenvalue weighted by molar-refractivity contribution is 0.0918. The third kappa shape index (κ3) is 5.26. The summed E-state index contributed by atoms with van der Waals surface area (Å²) in [5.74, 6) is -0.377. The maximum absolute atomic E-state index is 13.0. The molecule has 2 amide bonds. The molecule has 0 bridgehead atoms. The Bertz CT molecular complexity index is 819. The second-order valence-electron chi connectivity index (χ2n) is 8.61. The van der Waals surface area contributed by atoms with Crippen LogP contribution in [0.4, 0.5) is 0 Å². The molecule has 0 aliphatic heterocycles. The number of nitrogens with zero attached hydrogens (tertiary/aromatic N) is 1. The van der Waals surface area contributed by atoms with E-state index in [0.29, 0.717) is 11.4 Å². The molecular weight excluding hydrogens is 374 g/mol. The summed E-state index contributed by atoms with van der Waals surface area (Å²) in [5.41, 5.74) is 2.44. The maximum Gasteiger partial charge on any atom is 0.270 e. The highest BCUT2D eigenvalue weighted by Gasteiger charge is 2.22. The summed E-state index contributed by atoms with van der Waals surface area (Å²) in [5, 5.41) is 6.26. The summed E-state index contributed by atoms with van der Waals surface area (Å²) >= 11 is 0. The van der Waals surface area contributed by atoms with Gasteiger partial charge in [0.25, 0.3) is 11.8 Å². The zero-order valence-corrected chi connectivity index (χ0v) is 17.5. The fourth-order valence-electron chi connectivity index (χ4n) is 4.57. The number of rotatable bonds is 5. The molecule has 30 heavy (non-hydrogen) atoms. The Kier molecular flexibility index (Phi) is 6.77. The number of aromatic nitrogens is 1. The van der Waals surface area contributed by atoms with Crippen LogP contribution in [0.2, 0.25) is 0 Å². The predicted molar refractivity (Wildman–Crippen MR) is 118 cm³/mol. The van der Waals surface area contributed by atoms with E-state index in [1.54, 1.807) is 12.1 Å². The van der Waals surface area contributed by atoms with E-state index in [-0.39, 0.29) is 23.9 Å². The molecule has 2 aromatic rings. The number of carbonyl (C=O) groups is 2. The smallest absolute Gasteiger partial charge is 0.270 e. The van der Waals surface area contributed by atoms with Crippen LogP contribution in [0, 0.1) is 0 Å². The van der Waals surface area contributed by atoms with Gasteiger partial charge in [-0.05, 0) is 48.9 Å². The van der Waals surface area contributed by atoms with Crippen molar-refractivity contribution >= 4 is 11.8 Å². The first-order valence-electron chi connectivity index (χ1n) is 11.4. The molecule has 1 aromatic heterocycles. The molecule has 0 radical (unpaired) electrons. The van der Waals surface area contributed by atoms with Crippen LogP contribution in [0.1, 0.15) is 85.2 Å². The average Bonchev–Trinajstić information content (AvgIpc) is 2.80. The Morgan fingerprint density at radius 3 is 1.60 bits per heavy atom. The van der Waals surface area contributed by atoms with Gasteiger partial charge in [-0.1, -0.05) is 68.9 Å². The lowest BCUT2D eigenvalue weighted by atomic mass is 9.95. The van der Waals surface area contributed by atoms with E-state index in [1.165, 1.54) is 12.8 Å². The van der Waals surface area contributed by atoms with Crippen molar-refractivity contribution < 1.29 is 9.59 Å². The molecule has 2 aliphatic carbocycles. The quantitative estimate of drug-likeness (QED) is 0.745. The van der Waals surface area contributed by atoms with Gasteiger partial charge in [0.1, 0.15) is 11.4 Å². The van der Waals surface area contributed by atoms with Crippen molar-refractivity contribution in [3.63, 3.8) is 0 Å². The fraction of sp³-hybridized carbons (Fsp3) is 0.480. The minimum absolute atomic E-state index is 0.189. The van der Waals surface area contributed by atoms with Crippen molar-refractivity contribution in [2.45, 2.75) is 76.3 Å². The van der Waals surface area contributed by atoms with Gasteiger partial charge in [0.05, 0.1) is 0 Å². The number of benzene rings is 1. The third-order valence-corrected chi connectivity index (χ3v) is 6.28. The number of hydrogen-bond donors (Lipinski definition) is 2. The summed E-state index contributed by atoms with van der Waals surface area (Å²) in [4.78, 5) is 30.4. The molecule has 1 aromatic carbocycles. The molecule has 2 fully saturated rings. The van der Waals surface area contributed by atoms with Crippen molar-refractivity contribution in [3.8, 4) is 11.1 Å². The maximum atomic E-state index is 13.0. The van der Waals surface area contributed by atoms with Crippen LogP contribution in [-0.2, 0) is 0 Å². The lowest BCUT2D eigenvalue weighted by Gasteiger charge is -2.23. The van der Waals surface area contributed by atoms with E-state index in [2.05, 4.69) is 15.6 Å². The summed E-state index contributed by atoms with van der Waals surface area (Å²) in [6.07, 6.45) is 11.1. The number of amides is 2. The van der Waals surface area contributed by atoms with Gasteiger partial charge in [-0.2, -0.15) is 0 Å². The van der Waals surface area contributed by atoms with Gasteiger partial charge in [-0.15, -0.1) is 0 Å². The van der Waals surface area contributed by atoms with E-state index in [9.17, 15) is 9.59 Å². The average molecular weight is 406 g/mol. The zero-order valence-electron chi connectivity index (χ0n) is 17.5. The number of nitrogens with one attached hydrogen (secondary N) is 2. The minimum atomic E-state index is -0.189. The van der Waals surface area contributed by atoms with Crippen molar-refractivity contribution in [3.05, 3.63) is 53.9 Å². The Morgan fingerprint density at radius 1 is 0.667 bits per heavy atom. The molecule has 158 valence electrons. The van der Waals surface area contributed by atoms with Crippen molar-refractivity contribution in [2.75, 3.05) is 0 Å². The van der Waals surface area contributed by atoms with Gasteiger partial charge >= 0.3 is 0 Å². The third-order valence-electron chi connectivity index (χ3n) is 6.28. The Labute approximate surface area is 178 Å². The molecule has 1 heterocycles.